The maximum Gasteiger partial charge on any atom is 0.254 e. The van der Waals surface area contributed by atoms with Crippen molar-refractivity contribution < 1.29 is 19.0 Å². The average molecular weight is 362 g/mol. The summed E-state index contributed by atoms with van der Waals surface area (Å²) < 4.78 is 16.3. The minimum absolute atomic E-state index is 0.102. The highest BCUT2D eigenvalue weighted by Gasteiger charge is 2.38. The molecule has 0 aromatic heterocycles. The molecule has 1 aliphatic carbocycles. The Kier molecular flexibility index (Phi) is 6.74. The van der Waals surface area contributed by atoms with Crippen molar-refractivity contribution in [2.75, 3.05) is 40.5 Å². The molecule has 1 N–H and O–H groups in total. The average Bonchev–Trinajstić information content (AvgIpc) is 3.51. The number of carbonyl (C=O) groups excluding carboxylic acids is 1. The van der Waals surface area contributed by atoms with Crippen molar-refractivity contribution in [2.24, 2.45) is 0 Å². The van der Waals surface area contributed by atoms with Gasteiger partial charge in [-0.25, -0.2) is 0 Å². The lowest BCUT2D eigenvalue weighted by atomic mass is 10.0. The van der Waals surface area contributed by atoms with E-state index < -0.39 is 0 Å². The van der Waals surface area contributed by atoms with E-state index in [0.29, 0.717) is 36.3 Å². The van der Waals surface area contributed by atoms with Gasteiger partial charge in [-0.05, 0) is 50.4 Å². The Morgan fingerprint density at radius 2 is 2.00 bits per heavy atom. The monoisotopic (exact) mass is 362 g/mol. The Morgan fingerprint density at radius 3 is 2.65 bits per heavy atom. The second-order valence-corrected chi connectivity index (χ2v) is 7.00. The van der Waals surface area contributed by atoms with Crippen molar-refractivity contribution in [3.63, 3.8) is 0 Å². The molecule has 0 radical (unpaired) electrons. The standard InChI is InChI=1S/C20H30N2O4/c1-24-11-4-12-26-19-13-15(6-9-18(19)25-2)20(23)22(16-7-8-16)17-5-3-10-21-14-17/h6,9,13,16-17,21H,3-5,7-8,10-12,14H2,1-2H3/t17-/m1/s1. The molecule has 1 aliphatic heterocycles. The Hall–Kier alpha value is -1.79. The van der Waals surface area contributed by atoms with Crippen LogP contribution in [0.2, 0.25) is 0 Å². The number of nitrogens with one attached hydrogen (secondary N) is 1. The zero-order valence-electron chi connectivity index (χ0n) is 15.8. The summed E-state index contributed by atoms with van der Waals surface area (Å²) >= 11 is 0. The van der Waals surface area contributed by atoms with Crippen LogP contribution in [0.3, 0.4) is 0 Å². The van der Waals surface area contributed by atoms with E-state index in [0.717, 1.165) is 45.2 Å². The first-order valence-electron chi connectivity index (χ1n) is 9.57. The number of amides is 1. The van der Waals surface area contributed by atoms with Gasteiger partial charge in [-0.3, -0.25) is 4.79 Å². The second kappa shape index (κ2) is 9.24. The molecule has 1 amide bonds. The molecule has 0 spiro atoms. The summed E-state index contributed by atoms with van der Waals surface area (Å²) in [7, 11) is 3.29. The Balaban J connectivity index is 1.74. The van der Waals surface area contributed by atoms with Gasteiger partial charge in [-0.1, -0.05) is 0 Å². The van der Waals surface area contributed by atoms with Crippen LogP contribution in [0.4, 0.5) is 0 Å². The lowest BCUT2D eigenvalue weighted by molar-refractivity contribution is 0.0629. The van der Waals surface area contributed by atoms with Gasteiger partial charge in [0.2, 0.25) is 0 Å². The van der Waals surface area contributed by atoms with E-state index in [9.17, 15) is 4.79 Å². The van der Waals surface area contributed by atoms with Gasteiger partial charge >= 0.3 is 0 Å². The van der Waals surface area contributed by atoms with Gasteiger partial charge in [-0.2, -0.15) is 0 Å². The van der Waals surface area contributed by atoms with Crippen LogP contribution in [0, 0.1) is 0 Å². The number of rotatable bonds is 9. The number of piperidine rings is 1. The molecule has 3 rings (SSSR count). The molecule has 0 bridgehead atoms. The van der Waals surface area contributed by atoms with Gasteiger partial charge in [0.25, 0.3) is 5.91 Å². The molecule has 2 aliphatic rings. The normalized spacial score (nSPS) is 19.8. The first-order chi connectivity index (χ1) is 12.7. The first kappa shape index (κ1) is 19.0. The summed E-state index contributed by atoms with van der Waals surface area (Å²) in [6, 6.07) is 6.16. The van der Waals surface area contributed by atoms with Crippen molar-refractivity contribution in [1.29, 1.82) is 0 Å². The molecule has 6 nitrogen and oxygen atoms in total. The Morgan fingerprint density at radius 1 is 1.15 bits per heavy atom. The Labute approximate surface area is 155 Å². The second-order valence-electron chi connectivity index (χ2n) is 7.00. The van der Waals surface area contributed by atoms with E-state index in [1.54, 1.807) is 14.2 Å². The molecule has 1 atom stereocenters. The summed E-state index contributed by atoms with van der Waals surface area (Å²) in [6.45, 7) is 3.11. The molecular formula is C20H30N2O4. The third kappa shape index (κ3) is 4.68. The van der Waals surface area contributed by atoms with Crippen LogP contribution in [-0.4, -0.2) is 63.4 Å². The SMILES string of the molecule is COCCCOc1cc(C(=O)N(C2CC2)[C@@H]2CCCNC2)ccc1OC. The number of benzene rings is 1. The number of nitrogens with zero attached hydrogens (tertiary/aromatic N) is 1. The Bertz CT molecular complexity index is 597. The van der Waals surface area contributed by atoms with Crippen LogP contribution >= 0.6 is 0 Å². The van der Waals surface area contributed by atoms with Crippen molar-refractivity contribution in [2.45, 2.75) is 44.2 Å². The van der Waals surface area contributed by atoms with E-state index >= 15 is 0 Å². The predicted molar refractivity (Wildman–Crippen MR) is 100 cm³/mol. The highest BCUT2D eigenvalue weighted by molar-refractivity contribution is 5.95. The van der Waals surface area contributed by atoms with Crippen molar-refractivity contribution in [3.05, 3.63) is 23.8 Å². The topological polar surface area (TPSA) is 60.0 Å². The minimum Gasteiger partial charge on any atom is -0.493 e. The van der Waals surface area contributed by atoms with Crippen LogP contribution in [0.25, 0.3) is 0 Å². The van der Waals surface area contributed by atoms with Crippen LogP contribution in [-0.2, 0) is 4.74 Å². The molecule has 144 valence electrons. The highest BCUT2D eigenvalue weighted by Crippen LogP contribution is 2.34. The fourth-order valence-corrected chi connectivity index (χ4v) is 3.51. The van der Waals surface area contributed by atoms with Crippen LogP contribution < -0.4 is 14.8 Å². The molecule has 6 heteroatoms. The molecule has 1 saturated carbocycles. The highest BCUT2D eigenvalue weighted by atomic mass is 16.5. The lowest BCUT2D eigenvalue weighted by Gasteiger charge is -2.35. The number of ether oxygens (including phenoxy) is 3. The zero-order chi connectivity index (χ0) is 18.4. The van der Waals surface area contributed by atoms with Gasteiger partial charge < -0.3 is 24.4 Å². The van der Waals surface area contributed by atoms with E-state index in [1.807, 2.05) is 18.2 Å². The van der Waals surface area contributed by atoms with Gasteiger partial charge in [0, 0.05) is 44.3 Å². The van der Waals surface area contributed by atoms with Crippen molar-refractivity contribution in [3.8, 4) is 11.5 Å². The molecule has 2 fully saturated rings. The third-order valence-electron chi connectivity index (χ3n) is 5.00. The minimum atomic E-state index is 0.102. The fourth-order valence-electron chi connectivity index (χ4n) is 3.51. The third-order valence-corrected chi connectivity index (χ3v) is 5.00. The first-order valence-corrected chi connectivity index (χ1v) is 9.57. The summed E-state index contributed by atoms with van der Waals surface area (Å²) in [5, 5.41) is 3.42. The van der Waals surface area contributed by atoms with Crippen LogP contribution in [0.5, 0.6) is 11.5 Å². The molecule has 26 heavy (non-hydrogen) atoms. The summed E-state index contributed by atoms with van der Waals surface area (Å²) in [4.78, 5) is 15.3. The van der Waals surface area contributed by atoms with Crippen molar-refractivity contribution in [1.82, 2.24) is 10.2 Å². The summed E-state index contributed by atoms with van der Waals surface area (Å²) in [5.74, 6) is 1.37. The number of methoxy groups -OCH3 is 2. The van der Waals surface area contributed by atoms with Gasteiger partial charge in [0.1, 0.15) is 0 Å². The summed E-state index contributed by atoms with van der Waals surface area (Å²) in [6.07, 6.45) is 5.21. The van der Waals surface area contributed by atoms with Gasteiger partial charge in [0.15, 0.2) is 11.5 Å². The molecule has 1 aromatic carbocycles. The fraction of sp³-hybridized carbons (Fsp3) is 0.650. The van der Waals surface area contributed by atoms with E-state index in [2.05, 4.69) is 10.2 Å². The summed E-state index contributed by atoms with van der Waals surface area (Å²) in [5.41, 5.74) is 0.671. The zero-order valence-corrected chi connectivity index (χ0v) is 15.8. The van der Waals surface area contributed by atoms with Crippen molar-refractivity contribution >= 4 is 5.91 Å². The maximum absolute atomic E-state index is 13.2. The molecule has 1 saturated heterocycles. The molecule has 1 aromatic rings. The number of carbonyl (C=O) groups is 1. The largest absolute Gasteiger partial charge is 0.493 e. The smallest absolute Gasteiger partial charge is 0.254 e. The lowest BCUT2D eigenvalue weighted by Crippen LogP contribution is -2.49. The predicted octanol–water partition coefficient (Wildman–Crippen LogP) is 2.47. The molecular weight excluding hydrogens is 332 g/mol. The number of hydrogen-bond acceptors (Lipinski definition) is 5. The molecule has 0 unspecified atom stereocenters. The van der Waals surface area contributed by atoms with E-state index in [1.165, 1.54) is 0 Å². The van der Waals surface area contributed by atoms with Crippen LogP contribution in [0.1, 0.15) is 42.5 Å². The van der Waals surface area contributed by atoms with E-state index in [4.69, 9.17) is 14.2 Å². The molecule has 1 heterocycles. The van der Waals surface area contributed by atoms with Gasteiger partial charge in [-0.15, -0.1) is 0 Å². The van der Waals surface area contributed by atoms with Crippen LogP contribution in [0.15, 0.2) is 18.2 Å². The number of hydrogen-bond donors (Lipinski definition) is 1. The van der Waals surface area contributed by atoms with Gasteiger partial charge in [0.05, 0.1) is 13.7 Å². The maximum atomic E-state index is 13.2. The van der Waals surface area contributed by atoms with E-state index in [-0.39, 0.29) is 11.9 Å². The quantitative estimate of drug-likeness (QED) is 0.684.